The molecular formula is C27H23NO5S. The number of carbonyl (C=O) groups is 1. The average Bonchev–Trinajstić information content (AvgIpc) is 2.88. The molecule has 0 amide bonds. The zero-order valence-electron chi connectivity index (χ0n) is 18.7. The van der Waals surface area contributed by atoms with Gasteiger partial charge in [0.1, 0.15) is 5.75 Å². The fraction of sp³-hybridized carbons (Fsp3) is 0.148. The van der Waals surface area contributed by atoms with Crippen molar-refractivity contribution in [1.82, 2.24) is 0 Å². The Balaban J connectivity index is 2.04. The summed E-state index contributed by atoms with van der Waals surface area (Å²) in [5.74, 6) is 7.47. The maximum Gasteiger partial charge on any atom is 0.343 e. The predicted octanol–water partition coefficient (Wildman–Crippen LogP) is 3.39. The maximum absolute atomic E-state index is 13.6. The first-order valence-corrected chi connectivity index (χ1v) is 11.7. The summed E-state index contributed by atoms with van der Waals surface area (Å²) in [6.07, 6.45) is 5.16. The minimum atomic E-state index is -4.48. The third-order valence-electron chi connectivity index (χ3n) is 5.22. The largest absolute Gasteiger partial charge is 0.497 e. The first-order chi connectivity index (χ1) is 16.3. The van der Waals surface area contributed by atoms with Gasteiger partial charge in [-0.1, -0.05) is 54.2 Å². The number of hydrogen-bond donors (Lipinski definition) is 1. The Kier molecular flexibility index (Phi) is 7.43. The molecule has 0 aliphatic rings. The van der Waals surface area contributed by atoms with E-state index in [2.05, 4.69) is 17.8 Å². The number of benzene rings is 3. The summed E-state index contributed by atoms with van der Waals surface area (Å²) in [6, 6.07) is 20.6. The van der Waals surface area contributed by atoms with E-state index in [0.717, 1.165) is 12.7 Å². The Bertz CT molecular complexity index is 1400. The average molecular weight is 474 g/mol. The van der Waals surface area contributed by atoms with Crippen LogP contribution in [0, 0.1) is 24.2 Å². The predicted molar refractivity (Wildman–Crippen MR) is 130 cm³/mol. The third kappa shape index (κ3) is 4.82. The van der Waals surface area contributed by atoms with Crippen molar-refractivity contribution in [3.05, 3.63) is 83.9 Å². The second-order valence-corrected chi connectivity index (χ2v) is 9.49. The Morgan fingerprint density at radius 2 is 1.65 bits per heavy atom. The summed E-state index contributed by atoms with van der Waals surface area (Å²) in [5, 5.41) is 0. The fourth-order valence-electron chi connectivity index (χ4n) is 3.29. The standard InChI is InChI=1S/C27H23NO5S/c1-4-21-19-23(22-12-15-24(32-2)16-13-22)14-17-25(21)34(30,31)27(28,26(29)33-3)18-8-11-20-9-6-5-7-10-20/h1,5-7,9-10,12-17,19H,18,28H2,2-3H3. The van der Waals surface area contributed by atoms with Crippen LogP contribution in [-0.2, 0) is 19.4 Å². The van der Waals surface area contributed by atoms with E-state index in [4.69, 9.17) is 21.6 Å². The molecule has 3 rings (SSSR count). The fourth-order valence-corrected chi connectivity index (χ4v) is 4.90. The van der Waals surface area contributed by atoms with Gasteiger partial charge in [-0.2, -0.15) is 0 Å². The van der Waals surface area contributed by atoms with Crippen molar-refractivity contribution < 1.29 is 22.7 Å². The number of sulfone groups is 1. The SMILES string of the molecule is C#Cc1cc(-c2ccc(OC)cc2)ccc1S(=O)(=O)C(N)(CC#Cc1ccccc1)C(=O)OC. The minimum Gasteiger partial charge on any atom is -0.497 e. The molecule has 1 atom stereocenters. The van der Waals surface area contributed by atoms with Crippen LogP contribution in [0.2, 0.25) is 0 Å². The lowest BCUT2D eigenvalue weighted by Crippen LogP contribution is -2.55. The van der Waals surface area contributed by atoms with Crippen LogP contribution >= 0.6 is 0 Å². The molecule has 0 radical (unpaired) electrons. The monoisotopic (exact) mass is 473 g/mol. The van der Waals surface area contributed by atoms with Gasteiger partial charge in [0.2, 0.25) is 14.7 Å². The molecule has 1 unspecified atom stereocenters. The maximum atomic E-state index is 13.6. The van der Waals surface area contributed by atoms with Crippen LogP contribution in [0.3, 0.4) is 0 Å². The Morgan fingerprint density at radius 1 is 1.00 bits per heavy atom. The lowest BCUT2D eigenvalue weighted by Gasteiger charge is -2.25. The second-order valence-electron chi connectivity index (χ2n) is 7.31. The highest BCUT2D eigenvalue weighted by atomic mass is 32.2. The summed E-state index contributed by atoms with van der Waals surface area (Å²) in [6.45, 7) is 0. The second kappa shape index (κ2) is 10.3. The number of rotatable bonds is 6. The van der Waals surface area contributed by atoms with E-state index in [0.29, 0.717) is 16.9 Å². The van der Waals surface area contributed by atoms with E-state index in [1.165, 1.54) is 6.07 Å². The molecule has 0 bridgehead atoms. The Hall–Kier alpha value is -4.04. The molecule has 0 spiro atoms. The van der Waals surface area contributed by atoms with Gasteiger partial charge in [-0.25, -0.2) is 13.2 Å². The highest BCUT2D eigenvalue weighted by molar-refractivity contribution is 7.93. The van der Waals surface area contributed by atoms with E-state index >= 15 is 0 Å². The topological polar surface area (TPSA) is 95.7 Å². The molecule has 2 N–H and O–H groups in total. The lowest BCUT2D eigenvalue weighted by atomic mass is 10.0. The quantitative estimate of drug-likeness (QED) is 0.436. The number of carbonyl (C=O) groups excluding carboxylic acids is 1. The molecule has 3 aromatic carbocycles. The highest BCUT2D eigenvalue weighted by Crippen LogP contribution is 2.32. The van der Waals surface area contributed by atoms with Crippen molar-refractivity contribution in [3.63, 3.8) is 0 Å². The van der Waals surface area contributed by atoms with Crippen LogP contribution in [0.15, 0.2) is 77.7 Å². The number of terminal acetylenes is 1. The van der Waals surface area contributed by atoms with E-state index in [1.807, 2.05) is 18.2 Å². The van der Waals surface area contributed by atoms with Crippen LogP contribution in [-0.4, -0.2) is 33.5 Å². The van der Waals surface area contributed by atoms with Crippen molar-refractivity contribution in [2.75, 3.05) is 14.2 Å². The van der Waals surface area contributed by atoms with Crippen molar-refractivity contribution in [2.24, 2.45) is 5.73 Å². The molecule has 6 nitrogen and oxygen atoms in total. The number of nitrogens with two attached hydrogens (primary N) is 1. The van der Waals surface area contributed by atoms with Crippen LogP contribution in [0.4, 0.5) is 0 Å². The molecule has 0 fully saturated rings. The van der Waals surface area contributed by atoms with E-state index in [1.54, 1.807) is 55.6 Å². The molecule has 34 heavy (non-hydrogen) atoms. The van der Waals surface area contributed by atoms with Gasteiger partial charge in [0.25, 0.3) is 0 Å². The van der Waals surface area contributed by atoms with Crippen LogP contribution in [0.1, 0.15) is 17.5 Å². The molecule has 0 aliphatic carbocycles. The normalized spacial score (nSPS) is 12.4. The van der Waals surface area contributed by atoms with Crippen LogP contribution < -0.4 is 10.5 Å². The van der Waals surface area contributed by atoms with E-state index < -0.39 is 27.1 Å². The number of methoxy groups -OCH3 is 2. The Morgan fingerprint density at radius 3 is 2.24 bits per heavy atom. The lowest BCUT2D eigenvalue weighted by molar-refractivity contribution is -0.143. The molecule has 0 aliphatic heterocycles. The van der Waals surface area contributed by atoms with Crippen molar-refractivity contribution in [3.8, 4) is 41.1 Å². The van der Waals surface area contributed by atoms with Crippen molar-refractivity contribution >= 4 is 15.8 Å². The van der Waals surface area contributed by atoms with Gasteiger partial charge >= 0.3 is 5.97 Å². The molecule has 0 aromatic heterocycles. The smallest absolute Gasteiger partial charge is 0.343 e. The van der Waals surface area contributed by atoms with Gasteiger partial charge in [0.05, 0.1) is 25.5 Å². The number of ether oxygens (including phenoxy) is 2. The third-order valence-corrected chi connectivity index (χ3v) is 7.42. The van der Waals surface area contributed by atoms with E-state index in [9.17, 15) is 13.2 Å². The first-order valence-electron chi connectivity index (χ1n) is 10.2. The number of esters is 1. The molecule has 0 saturated heterocycles. The summed E-state index contributed by atoms with van der Waals surface area (Å²) in [5.41, 5.74) is 8.41. The summed E-state index contributed by atoms with van der Waals surface area (Å²) in [7, 11) is -1.85. The van der Waals surface area contributed by atoms with Gasteiger partial charge in [-0.3, -0.25) is 0 Å². The minimum absolute atomic E-state index is 0.0723. The van der Waals surface area contributed by atoms with E-state index in [-0.39, 0.29) is 10.5 Å². The highest BCUT2D eigenvalue weighted by Gasteiger charge is 2.49. The molecule has 3 aromatic rings. The van der Waals surface area contributed by atoms with Gasteiger partial charge < -0.3 is 15.2 Å². The van der Waals surface area contributed by atoms with Gasteiger partial charge in [-0.15, -0.1) is 6.42 Å². The van der Waals surface area contributed by atoms with Gasteiger partial charge in [-0.05, 0) is 47.5 Å². The zero-order chi connectivity index (χ0) is 24.8. The molecule has 0 saturated carbocycles. The molecule has 7 heteroatoms. The summed E-state index contributed by atoms with van der Waals surface area (Å²) >= 11 is 0. The van der Waals surface area contributed by atoms with Crippen LogP contribution in [0.5, 0.6) is 5.75 Å². The van der Waals surface area contributed by atoms with Crippen molar-refractivity contribution in [1.29, 1.82) is 0 Å². The molecular weight excluding hydrogens is 450 g/mol. The zero-order valence-corrected chi connectivity index (χ0v) is 19.6. The van der Waals surface area contributed by atoms with Crippen molar-refractivity contribution in [2.45, 2.75) is 16.2 Å². The number of hydrogen-bond acceptors (Lipinski definition) is 6. The van der Waals surface area contributed by atoms with Gasteiger partial charge in [0.15, 0.2) is 0 Å². The molecule has 0 heterocycles. The summed E-state index contributed by atoms with van der Waals surface area (Å²) in [4.78, 5) is 9.89. The van der Waals surface area contributed by atoms with Gasteiger partial charge in [0, 0.05) is 11.1 Å². The molecule has 172 valence electrons. The Labute approximate surface area is 199 Å². The summed E-state index contributed by atoms with van der Waals surface area (Å²) < 4.78 is 37.1. The van der Waals surface area contributed by atoms with Crippen LogP contribution in [0.25, 0.3) is 11.1 Å². The first kappa shape index (κ1) is 24.6.